The number of anilines is 1. The number of nitrogens with zero attached hydrogens (tertiary/aromatic N) is 3. The van der Waals surface area contributed by atoms with Gasteiger partial charge >= 0.3 is 5.97 Å². The summed E-state index contributed by atoms with van der Waals surface area (Å²) >= 11 is 0. The van der Waals surface area contributed by atoms with E-state index in [0.717, 1.165) is 0 Å². The highest BCUT2D eigenvalue weighted by atomic mass is 16.6. The van der Waals surface area contributed by atoms with Crippen LogP contribution in [-0.2, 0) is 4.79 Å². The molecular weight excluding hydrogens is 250 g/mol. The SMILES string of the molecule is CCN(CCC(=O)O)c1ccc(C#N)c([N+](=O)[O-])c1. The van der Waals surface area contributed by atoms with Crippen molar-refractivity contribution in [3.05, 3.63) is 33.9 Å². The van der Waals surface area contributed by atoms with Crippen LogP contribution in [0.25, 0.3) is 0 Å². The van der Waals surface area contributed by atoms with Crippen LogP contribution in [0.3, 0.4) is 0 Å². The Balaban J connectivity index is 3.05. The first kappa shape index (κ1) is 14.4. The van der Waals surface area contributed by atoms with E-state index >= 15 is 0 Å². The number of carbonyl (C=O) groups is 1. The molecule has 100 valence electrons. The Morgan fingerprint density at radius 2 is 2.26 bits per heavy atom. The summed E-state index contributed by atoms with van der Waals surface area (Å²) in [5, 5.41) is 28.3. The minimum absolute atomic E-state index is 0.0111. The molecule has 0 atom stereocenters. The van der Waals surface area contributed by atoms with Crippen molar-refractivity contribution in [1.29, 1.82) is 5.26 Å². The molecule has 0 spiro atoms. The van der Waals surface area contributed by atoms with Crippen molar-refractivity contribution in [1.82, 2.24) is 0 Å². The van der Waals surface area contributed by atoms with Crippen molar-refractivity contribution in [2.45, 2.75) is 13.3 Å². The topological polar surface area (TPSA) is 107 Å². The van der Waals surface area contributed by atoms with Crippen molar-refractivity contribution < 1.29 is 14.8 Å². The number of carboxylic acids is 1. The zero-order valence-electron chi connectivity index (χ0n) is 10.4. The van der Waals surface area contributed by atoms with Crippen molar-refractivity contribution in [3.63, 3.8) is 0 Å². The van der Waals surface area contributed by atoms with Crippen LogP contribution in [0.2, 0.25) is 0 Å². The Bertz CT molecular complexity index is 536. The van der Waals surface area contributed by atoms with Gasteiger partial charge in [0.15, 0.2) is 0 Å². The fourth-order valence-corrected chi connectivity index (χ4v) is 1.66. The second-order valence-corrected chi connectivity index (χ2v) is 3.79. The molecule has 0 aliphatic carbocycles. The van der Waals surface area contributed by atoms with E-state index in [2.05, 4.69) is 0 Å². The highest BCUT2D eigenvalue weighted by Crippen LogP contribution is 2.25. The molecule has 1 N–H and O–H groups in total. The first-order valence-corrected chi connectivity index (χ1v) is 5.64. The fourth-order valence-electron chi connectivity index (χ4n) is 1.66. The first-order chi connectivity index (χ1) is 8.99. The van der Waals surface area contributed by atoms with Gasteiger partial charge < -0.3 is 10.0 Å². The molecule has 19 heavy (non-hydrogen) atoms. The largest absolute Gasteiger partial charge is 0.481 e. The number of benzene rings is 1. The molecule has 7 nitrogen and oxygen atoms in total. The Hall–Kier alpha value is -2.62. The van der Waals surface area contributed by atoms with Crippen LogP contribution in [0.1, 0.15) is 18.9 Å². The van der Waals surface area contributed by atoms with Crippen LogP contribution in [-0.4, -0.2) is 29.1 Å². The third kappa shape index (κ3) is 3.67. The Labute approximate surface area is 109 Å². The lowest BCUT2D eigenvalue weighted by Crippen LogP contribution is -2.25. The van der Waals surface area contributed by atoms with Crippen molar-refractivity contribution in [2.24, 2.45) is 0 Å². The van der Waals surface area contributed by atoms with E-state index in [1.807, 2.05) is 6.92 Å². The van der Waals surface area contributed by atoms with E-state index < -0.39 is 10.9 Å². The van der Waals surface area contributed by atoms with Crippen LogP contribution in [0.15, 0.2) is 18.2 Å². The summed E-state index contributed by atoms with van der Waals surface area (Å²) in [6.45, 7) is 2.61. The van der Waals surface area contributed by atoms with Crippen LogP contribution >= 0.6 is 0 Å². The Kier molecular flexibility index (Phi) is 4.83. The predicted octanol–water partition coefficient (Wildman–Crippen LogP) is 1.77. The molecule has 1 aromatic carbocycles. The standard InChI is InChI=1S/C12H13N3O4/c1-2-14(6-5-12(16)17)10-4-3-9(8-13)11(7-10)15(18)19/h3-4,7H,2,5-6H2,1H3,(H,16,17). The molecular formula is C12H13N3O4. The minimum atomic E-state index is -0.929. The molecule has 0 saturated carbocycles. The summed E-state index contributed by atoms with van der Waals surface area (Å²) in [4.78, 5) is 22.5. The van der Waals surface area contributed by atoms with E-state index in [4.69, 9.17) is 10.4 Å². The number of nitro groups is 1. The van der Waals surface area contributed by atoms with E-state index in [1.165, 1.54) is 12.1 Å². The summed E-state index contributed by atoms with van der Waals surface area (Å²) in [6, 6.07) is 6.00. The van der Waals surface area contributed by atoms with E-state index in [1.54, 1.807) is 17.0 Å². The quantitative estimate of drug-likeness (QED) is 0.619. The van der Waals surface area contributed by atoms with Gasteiger partial charge in [-0.2, -0.15) is 5.26 Å². The van der Waals surface area contributed by atoms with Gasteiger partial charge in [-0.15, -0.1) is 0 Å². The van der Waals surface area contributed by atoms with Gasteiger partial charge in [0.25, 0.3) is 5.69 Å². The van der Waals surface area contributed by atoms with Gasteiger partial charge in [-0.1, -0.05) is 0 Å². The van der Waals surface area contributed by atoms with Crippen molar-refractivity contribution >= 4 is 17.3 Å². The maximum Gasteiger partial charge on any atom is 0.305 e. The van der Waals surface area contributed by atoms with Crippen LogP contribution < -0.4 is 4.90 Å². The maximum atomic E-state index is 10.9. The van der Waals surface area contributed by atoms with Crippen LogP contribution in [0, 0.1) is 21.4 Å². The van der Waals surface area contributed by atoms with Gasteiger partial charge in [-0.05, 0) is 19.1 Å². The lowest BCUT2D eigenvalue weighted by Gasteiger charge is -2.22. The Morgan fingerprint density at radius 3 is 2.74 bits per heavy atom. The molecule has 0 bridgehead atoms. The van der Waals surface area contributed by atoms with E-state index in [0.29, 0.717) is 12.2 Å². The molecule has 7 heteroatoms. The number of hydrogen-bond donors (Lipinski definition) is 1. The molecule has 0 aliphatic heterocycles. The fraction of sp³-hybridized carbons (Fsp3) is 0.333. The van der Waals surface area contributed by atoms with E-state index in [-0.39, 0.29) is 24.2 Å². The van der Waals surface area contributed by atoms with E-state index in [9.17, 15) is 14.9 Å². The second-order valence-electron chi connectivity index (χ2n) is 3.79. The number of carboxylic acid groups (broad SMARTS) is 1. The molecule has 1 aromatic rings. The van der Waals surface area contributed by atoms with Gasteiger partial charge in [0.05, 0.1) is 11.3 Å². The zero-order chi connectivity index (χ0) is 14.4. The first-order valence-electron chi connectivity index (χ1n) is 5.64. The summed E-state index contributed by atoms with van der Waals surface area (Å²) < 4.78 is 0. The van der Waals surface area contributed by atoms with Gasteiger partial charge in [0.2, 0.25) is 0 Å². The molecule has 1 rings (SSSR count). The van der Waals surface area contributed by atoms with Gasteiger partial charge in [-0.3, -0.25) is 14.9 Å². The number of nitriles is 1. The average molecular weight is 263 g/mol. The highest BCUT2D eigenvalue weighted by Gasteiger charge is 2.16. The van der Waals surface area contributed by atoms with Gasteiger partial charge in [0, 0.05) is 24.8 Å². The lowest BCUT2D eigenvalue weighted by atomic mass is 10.1. The number of aliphatic carboxylic acids is 1. The monoisotopic (exact) mass is 263 g/mol. The summed E-state index contributed by atoms with van der Waals surface area (Å²) in [6.07, 6.45) is -0.0539. The molecule has 0 heterocycles. The minimum Gasteiger partial charge on any atom is -0.481 e. The molecule has 0 saturated heterocycles. The zero-order valence-corrected chi connectivity index (χ0v) is 10.4. The molecule has 0 fully saturated rings. The second kappa shape index (κ2) is 6.35. The summed E-state index contributed by atoms with van der Waals surface area (Å²) in [5.74, 6) is -0.929. The Morgan fingerprint density at radius 1 is 1.58 bits per heavy atom. The summed E-state index contributed by atoms with van der Waals surface area (Å²) in [5.41, 5.74) is 0.256. The third-order valence-corrected chi connectivity index (χ3v) is 2.64. The normalized spacial score (nSPS) is 9.68. The van der Waals surface area contributed by atoms with Gasteiger partial charge in [-0.25, -0.2) is 0 Å². The lowest BCUT2D eigenvalue weighted by molar-refractivity contribution is -0.385. The molecule has 0 amide bonds. The molecule has 0 aliphatic rings. The molecule has 0 radical (unpaired) electrons. The van der Waals surface area contributed by atoms with Crippen LogP contribution in [0.5, 0.6) is 0 Å². The van der Waals surface area contributed by atoms with Crippen molar-refractivity contribution in [2.75, 3.05) is 18.0 Å². The van der Waals surface area contributed by atoms with Crippen molar-refractivity contribution in [3.8, 4) is 6.07 Å². The van der Waals surface area contributed by atoms with Gasteiger partial charge in [0.1, 0.15) is 11.6 Å². The maximum absolute atomic E-state index is 10.9. The van der Waals surface area contributed by atoms with Crippen LogP contribution in [0.4, 0.5) is 11.4 Å². The average Bonchev–Trinajstić information content (AvgIpc) is 2.38. The number of hydrogen-bond acceptors (Lipinski definition) is 5. The third-order valence-electron chi connectivity index (χ3n) is 2.64. The number of rotatable bonds is 6. The smallest absolute Gasteiger partial charge is 0.305 e. The predicted molar refractivity (Wildman–Crippen MR) is 68.0 cm³/mol. The number of nitro benzene ring substituents is 1. The molecule has 0 unspecified atom stereocenters. The highest BCUT2D eigenvalue weighted by molar-refractivity contribution is 5.68. The summed E-state index contributed by atoms with van der Waals surface area (Å²) in [7, 11) is 0. The molecule has 0 aromatic heterocycles.